The molecule has 0 radical (unpaired) electrons. The molecule has 3 aromatic rings. The summed E-state index contributed by atoms with van der Waals surface area (Å²) in [4.78, 5) is 28.3. The summed E-state index contributed by atoms with van der Waals surface area (Å²) in [6.45, 7) is 0.278. The van der Waals surface area contributed by atoms with E-state index in [1.54, 1.807) is 0 Å². The molecule has 0 aromatic heterocycles. The number of hydrogen-bond donors (Lipinski definition) is 0. The van der Waals surface area contributed by atoms with E-state index in [9.17, 15) is 14.0 Å². The molecule has 0 spiro atoms. The van der Waals surface area contributed by atoms with Gasteiger partial charge < -0.3 is 14.4 Å². The Kier molecular flexibility index (Phi) is 5.75. The van der Waals surface area contributed by atoms with E-state index < -0.39 is 5.82 Å². The minimum atomic E-state index is -0.535. The van der Waals surface area contributed by atoms with Gasteiger partial charge in [0.1, 0.15) is 18.2 Å². The van der Waals surface area contributed by atoms with Crippen molar-refractivity contribution in [2.24, 2.45) is 5.92 Å². The van der Waals surface area contributed by atoms with Crippen molar-refractivity contribution in [3.63, 3.8) is 0 Å². The lowest BCUT2D eigenvalue weighted by Crippen LogP contribution is -2.48. The zero-order valence-electron chi connectivity index (χ0n) is 20.2. The molecule has 3 aliphatic rings. The maximum atomic E-state index is 14.4. The van der Waals surface area contributed by atoms with E-state index in [0.717, 1.165) is 12.8 Å². The fraction of sp³-hybridized carbons (Fsp3) is 0.333. The predicted molar refractivity (Wildman–Crippen MR) is 134 cm³/mol. The van der Waals surface area contributed by atoms with Gasteiger partial charge in [-0.2, -0.15) is 0 Å². The lowest BCUT2D eigenvalue weighted by atomic mass is 9.84. The summed E-state index contributed by atoms with van der Waals surface area (Å²) in [5.74, 6) is -0.600. The maximum absolute atomic E-state index is 14.4. The van der Waals surface area contributed by atoms with E-state index in [2.05, 4.69) is 24.3 Å². The highest BCUT2D eigenvalue weighted by atomic mass is 19.1. The Labute approximate surface area is 209 Å². The van der Waals surface area contributed by atoms with Crippen LogP contribution in [0.25, 0.3) is 11.1 Å². The Hall–Kier alpha value is -3.67. The first-order valence-electron chi connectivity index (χ1n) is 12.6. The van der Waals surface area contributed by atoms with Crippen molar-refractivity contribution in [3.8, 4) is 16.9 Å². The van der Waals surface area contributed by atoms with Gasteiger partial charge in [0.05, 0.1) is 12.7 Å². The van der Waals surface area contributed by atoms with Crippen molar-refractivity contribution >= 4 is 11.9 Å². The van der Waals surface area contributed by atoms with Gasteiger partial charge in [-0.25, -0.2) is 9.18 Å². The van der Waals surface area contributed by atoms with Crippen molar-refractivity contribution in [2.75, 3.05) is 13.7 Å². The molecule has 36 heavy (non-hydrogen) atoms. The van der Waals surface area contributed by atoms with Crippen molar-refractivity contribution in [3.05, 3.63) is 89.2 Å². The molecule has 2 atom stereocenters. The molecule has 2 saturated heterocycles. The van der Waals surface area contributed by atoms with Crippen molar-refractivity contribution in [1.82, 2.24) is 4.90 Å². The normalized spacial score (nSPS) is 22.2. The summed E-state index contributed by atoms with van der Waals surface area (Å²) in [5.41, 5.74) is 4.81. The van der Waals surface area contributed by atoms with Crippen LogP contribution in [0.4, 0.5) is 9.18 Å². The van der Waals surface area contributed by atoms with Crippen LogP contribution in [-0.2, 0) is 4.74 Å². The second-order valence-electron chi connectivity index (χ2n) is 9.97. The van der Waals surface area contributed by atoms with Crippen LogP contribution in [0.1, 0.15) is 53.1 Å². The Morgan fingerprint density at radius 3 is 2.14 bits per heavy atom. The van der Waals surface area contributed by atoms with E-state index in [-0.39, 0.29) is 48.0 Å². The van der Waals surface area contributed by atoms with Crippen LogP contribution in [0.5, 0.6) is 5.75 Å². The third-order valence-corrected chi connectivity index (χ3v) is 8.09. The fourth-order valence-corrected chi connectivity index (χ4v) is 6.40. The van der Waals surface area contributed by atoms with Gasteiger partial charge in [-0.1, -0.05) is 48.5 Å². The molecule has 0 N–H and O–H groups in total. The van der Waals surface area contributed by atoms with Crippen LogP contribution in [0.3, 0.4) is 0 Å². The Bertz CT molecular complexity index is 1280. The number of fused-ring (bicyclic) bond motifs is 5. The SMILES string of the molecule is COc1ccc(F)c(C(=O)C2CC3CCC(C2)N3C(=O)OCC2c3ccccc3-c3ccccc32)c1. The monoisotopic (exact) mass is 485 g/mol. The molecular formula is C30H28FNO4. The van der Waals surface area contributed by atoms with Gasteiger partial charge in [-0.15, -0.1) is 0 Å². The lowest BCUT2D eigenvalue weighted by Gasteiger charge is -2.37. The number of Topliss-reactive ketones (excluding diaryl/α,β-unsaturated/α-hetero) is 1. The highest BCUT2D eigenvalue weighted by molar-refractivity contribution is 5.98. The first kappa shape index (κ1) is 22.8. The molecule has 2 aliphatic heterocycles. The van der Waals surface area contributed by atoms with E-state index in [4.69, 9.17) is 9.47 Å². The van der Waals surface area contributed by atoms with Crippen molar-refractivity contribution in [1.29, 1.82) is 0 Å². The summed E-state index contributed by atoms with van der Waals surface area (Å²) in [6.07, 6.45) is 2.40. The second-order valence-corrected chi connectivity index (χ2v) is 9.97. The van der Waals surface area contributed by atoms with E-state index in [1.807, 2.05) is 29.2 Å². The highest BCUT2D eigenvalue weighted by Crippen LogP contribution is 2.45. The Morgan fingerprint density at radius 2 is 1.53 bits per heavy atom. The van der Waals surface area contributed by atoms with Gasteiger partial charge in [0.2, 0.25) is 0 Å². The van der Waals surface area contributed by atoms with Crippen molar-refractivity contribution in [2.45, 2.75) is 43.7 Å². The number of carbonyl (C=O) groups excluding carboxylic acids is 2. The number of carbonyl (C=O) groups is 2. The van der Waals surface area contributed by atoms with Crippen LogP contribution in [0.2, 0.25) is 0 Å². The quantitative estimate of drug-likeness (QED) is 0.403. The third-order valence-electron chi connectivity index (χ3n) is 8.09. The van der Waals surface area contributed by atoms with Crippen LogP contribution in [-0.4, -0.2) is 42.6 Å². The Morgan fingerprint density at radius 1 is 0.917 bits per heavy atom. The highest BCUT2D eigenvalue weighted by Gasteiger charge is 2.46. The Balaban J connectivity index is 1.15. The molecule has 1 amide bonds. The van der Waals surface area contributed by atoms with Gasteiger partial charge in [-0.05, 0) is 66.1 Å². The topological polar surface area (TPSA) is 55.8 Å². The number of methoxy groups -OCH3 is 1. The molecule has 184 valence electrons. The van der Waals surface area contributed by atoms with Crippen LogP contribution < -0.4 is 4.74 Å². The lowest BCUT2D eigenvalue weighted by molar-refractivity contribution is 0.0504. The average molecular weight is 486 g/mol. The molecule has 2 heterocycles. The molecule has 6 rings (SSSR count). The molecule has 2 fully saturated rings. The largest absolute Gasteiger partial charge is 0.497 e. The summed E-state index contributed by atoms with van der Waals surface area (Å²) in [5, 5.41) is 0. The molecular weight excluding hydrogens is 457 g/mol. The molecule has 2 unspecified atom stereocenters. The zero-order chi connectivity index (χ0) is 24.8. The van der Waals surface area contributed by atoms with Gasteiger partial charge in [0.15, 0.2) is 5.78 Å². The number of rotatable bonds is 5. The second kappa shape index (κ2) is 9.08. The van der Waals surface area contributed by atoms with Crippen LogP contribution >= 0.6 is 0 Å². The summed E-state index contributed by atoms with van der Waals surface area (Å²) < 4.78 is 25.5. The first-order chi connectivity index (χ1) is 17.5. The number of halogens is 1. The minimum absolute atomic E-state index is 0.00848. The first-order valence-corrected chi connectivity index (χ1v) is 12.6. The predicted octanol–water partition coefficient (Wildman–Crippen LogP) is 6.21. The molecule has 6 heteroatoms. The number of benzene rings is 3. The van der Waals surface area contributed by atoms with Gasteiger partial charge in [0, 0.05) is 23.9 Å². The molecule has 1 aliphatic carbocycles. The molecule has 3 aromatic carbocycles. The van der Waals surface area contributed by atoms with Crippen molar-refractivity contribution < 1.29 is 23.5 Å². The number of hydrogen-bond acceptors (Lipinski definition) is 4. The van der Waals surface area contributed by atoms with Gasteiger partial charge in [0.25, 0.3) is 0 Å². The smallest absolute Gasteiger partial charge is 0.410 e. The van der Waals surface area contributed by atoms with Gasteiger partial charge >= 0.3 is 6.09 Å². The van der Waals surface area contributed by atoms with Gasteiger partial charge in [-0.3, -0.25) is 4.79 Å². The maximum Gasteiger partial charge on any atom is 0.410 e. The molecule has 0 saturated carbocycles. The molecule has 5 nitrogen and oxygen atoms in total. The van der Waals surface area contributed by atoms with E-state index in [1.165, 1.54) is 47.6 Å². The summed E-state index contributed by atoms with van der Waals surface area (Å²) in [7, 11) is 1.49. The third kappa shape index (κ3) is 3.76. The van der Waals surface area contributed by atoms with Crippen LogP contribution in [0, 0.1) is 11.7 Å². The van der Waals surface area contributed by atoms with Crippen LogP contribution in [0.15, 0.2) is 66.7 Å². The average Bonchev–Trinajstić information content (AvgIpc) is 3.37. The molecule has 2 bridgehead atoms. The summed E-state index contributed by atoms with van der Waals surface area (Å²) in [6, 6.07) is 20.7. The van der Waals surface area contributed by atoms with E-state index >= 15 is 0 Å². The fourth-order valence-electron chi connectivity index (χ4n) is 6.40. The minimum Gasteiger partial charge on any atom is -0.497 e. The zero-order valence-corrected chi connectivity index (χ0v) is 20.2. The number of amides is 1. The standard InChI is InChI=1S/C30H28FNO4/c1-35-21-12-13-28(31)26(16-21)29(33)18-14-19-10-11-20(15-18)32(19)30(34)36-17-27-24-8-4-2-6-22(24)23-7-3-5-9-25(23)27/h2-9,12-13,16,18-20,27H,10-11,14-15,17H2,1H3. The number of ketones is 1. The number of piperidine rings is 1. The number of ether oxygens (including phenoxy) is 2. The number of nitrogens with zero attached hydrogens (tertiary/aromatic N) is 1. The summed E-state index contributed by atoms with van der Waals surface area (Å²) >= 11 is 0. The van der Waals surface area contributed by atoms with E-state index in [0.29, 0.717) is 18.6 Å².